The number of alkyl halides is 3. The molecule has 10 heteroatoms. The molecule has 0 spiro atoms. The Hall–Kier alpha value is -1.16. The molecule has 6 nitrogen and oxygen atoms in total. The fraction of sp³-hybridized carbons (Fsp3) is 0.714. The minimum atomic E-state index is -4.57. The molecule has 0 fully saturated rings. The van der Waals surface area contributed by atoms with Crippen molar-refractivity contribution in [3.05, 3.63) is 12.4 Å². The summed E-state index contributed by atoms with van der Waals surface area (Å²) in [5.74, 6) is 0. The van der Waals surface area contributed by atoms with Gasteiger partial charge < -0.3 is 0 Å². The van der Waals surface area contributed by atoms with Crippen molar-refractivity contribution in [1.82, 2.24) is 15.0 Å². The predicted octanol–water partition coefficient (Wildman–Crippen LogP) is 0.748. The highest BCUT2D eigenvalue weighted by Gasteiger charge is 2.42. The topological polar surface area (TPSA) is 74.1 Å². The van der Waals surface area contributed by atoms with E-state index in [1.807, 2.05) is 0 Å². The summed E-state index contributed by atoms with van der Waals surface area (Å²) >= 11 is 0. The van der Waals surface area contributed by atoms with E-state index in [0.717, 1.165) is 18.6 Å². The molecule has 0 radical (unpaired) electrons. The van der Waals surface area contributed by atoms with E-state index < -0.39 is 35.4 Å². The molecule has 1 aromatic heterocycles. The van der Waals surface area contributed by atoms with E-state index in [0.29, 0.717) is 4.80 Å². The maximum atomic E-state index is 12.6. The zero-order valence-corrected chi connectivity index (χ0v) is 9.57. The molecule has 17 heavy (non-hydrogen) atoms. The molecule has 1 unspecified atom stereocenters. The van der Waals surface area contributed by atoms with Crippen molar-refractivity contribution in [2.45, 2.75) is 18.6 Å². The van der Waals surface area contributed by atoms with Gasteiger partial charge in [0, 0.05) is 6.42 Å². The molecule has 0 aliphatic carbocycles. The van der Waals surface area contributed by atoms with Crippen LogP contribution in [0, 0.1) is 0 Å². The highest BCUT2D eigenvalue weighted by molar-refractivity contribution is 7.85. The molecule has 0 N–H and O–H groups in total. The van der Waals surface area contributed by atoms with Crippen molar-refractivity contribution in [2.24, 2.45) is 0 Å². The summed E-state index contributed by atoms with van der Waals surface area (Å²) in [5.41, 5.74) is 0. The third-order valence-electron chi connectivity index (χ3n) is 1.78. The molecule has 0 aliphatic rings. The second-order valence-corrected chi connectivity index (χ2v) is 4.87. The summed E-state index contributed by atoms with van der Waals surface area (Å²) in [6.07, 6.45) is -2.17. The summed E-state index contributed by atoms with van der Waals surface area (Å²) in [6.45, 7) is -0.579. The number of nitrogens with zero attached hydrogens (tertiary/aromatic N) is 3. The van der Waals surface area contributed by atoms with Gasteiger partial charge >= 0.3 is 6.18 Å². The quantitative estimate of drug-likeness (QED) is 0.740. The lowest BCUT2D eigenvalue weighted by atomic mass is 10.2. The van der Waals surface area contributed by atoms with Crippen molar-refractivity contribution in [3.63, 3.8) is 0 Å². The molecule has 1 atom stereocenters. The molecular weight excluding hydrogens is 263 g/mol. The monoisotopic (exact) mass is 273 g/mol. The van der Waals surface area contributed by atoms with E-state index in [1.165, 1.54) is 0 Å². The van der Waals surface area contributed by atoms with Gasteiger partial charge in [-0.1, -0.05) is 0 Å². The minimum absolute atomic E-state index is 0.478. The molecule has 98 valence electrons. The van der Waals surface area contributed by atoms with Crippen LogP contribution in [0.2, 0.25) is 0 Å². The predicted molar refractivity (Wildman–Crippen MR) is 50.5 cm³/mol. The number of hydrogen-bond acceptors (Lipinski definition) is 5. The normalized spacial score (nSPS) is 14.8. The number of hydrogen-bond donors (Lipinski definition) is 0. The van der Waals surface area contributed by atoms with Gasteiger partial charge in [-0.25, -0.2) is 0 Å². The van der Waals surface area contributed by atoms with E-state index in [2.05, 4.69) is 14.4 Å². The van der Waals surface area contributed by atoms with Gasteiger partial charge in [-0.05, 0) is 0 Å². The van der Waals surface area contributed by atoms with Gasteiger partial charge in [0.05, 0.1) is 25.3 Å². The van der Waals surface area contributed by atoms with Crippen molar-refractivity contribution in [1.29, 1.82) is 0 Å². The Morgan fingerprint density at radius 1 is 1.35 bits per heavy atom. The van der Waals surface area contributed by atoms with Gasteiger partial charge in [0.25, 0.3) is 10.1 Å². The van der Waals surface area contributed by atoms with Crippen LogP contribution >= 0.6 is 0 Å². The van der Waals surface area contributed by atoms with Gasteiger partial charge in [0.15, 0.2) is 6.04 Å². The van der Waals surface area contributed by atoms with E-state index in [-0.39, 0.29) is 0 Å². The standard InChI is InChI=1S/C7H10F3N3O3S/c1-17(14,15)16-5-2-6(7(8,9)10)13-11-3-4-12-13/h3-4,6H,2,5H2,1H3. The average molecular weight is 273 g/mol. The molecule has 0 saturated heterocycles. The largest absolute Gasteiger partial charge is 0.412 e. The highest BCUT2D eigenvalue weighted by atomic mass is 32.2. The van der Waals surface area contributed by atoms with Crippen LogP contribution in [0.5, 0.6) is 0 Å². The zero-order chi connectivity index (χ0) is 13.1. The van der Waals surface area contributed by atoms with Crippen LogP contribution in [0.3, 0.4) is 0 Å². The maximum absolute atomic E-state index is 12.6. The molecule has 1 heterocycles. The van der Waals surface area contributed by atoms with Gasteiger partial charge in [-0.15, -0.1) is 0 Å². The molecule has 1 aromatic rings. The van der Waals surface area contributed by atoms with Crippen molar-refractivity contribution < 1.29 is 25.8 Å². The van der Waals surface area contributed by atoms with Gasteiger partial charge in [-0.3, -0.25) is 4.18 Å². The molecule has 0 saturated carbocycles. The Morgan fingerprint density at radius 2 is 1.88 bits per heavy atom. The van der Waals surface area contributed by atoms with E-state index in [9.17, 15) is 21.6 Å². The van der Waals surface area contributed by atoms with Crippen LogP contribution in [-0.4, -0.2) is 42.5 Å². The van der Waals surface area contributed by atoms with E-state index in [4.69, 9.17) is 0 Å². The summed E-state index contributed by atoms with van der Waals surface area (Å²) in [6, 6.07) is -2.00. The SMILES string of the molecule is CS(=O)(=O)OCCC(n1nccn1)C(F)(F)F. The summed E-state index contributed by atoms with van der Waals surface area (Å²) < 4.78 is 63.3. The number of aromatic nitrogens is 3. The molecule has 0 aromatic carbocycles. The Bertz CT molecular complexity index is 443. The number of halogens is 3. The van der Waals surface area contributed by atoms with Gasteiger partial charge in [-0.2, -0.15) is 36.6 Å². The lowest BCUT2D eigenvalue weighted by Gasteiger charge is -2.18. The van der Waals surface area contributed by atoms with Gasteiger partial charge in [0.2, 0.25) is 0 Å². The number of rotatable bonds is 5. The average Bonchev–Trinajstić information content (AvgIpc) is 2.60. The molecule has 0 bridgehead atoms. The lowest BCUT2D eigenvalue weighted by Crippen LogP contribution is -2.29. The maximum Gasteiger partial charge on any atom is 0.412 e. The van der Waals surface area contributed by atoms with Crippen molar-refractivity contribution >= 4 is 10.1 Å². The first-order valence-electron chi connectivity index (χ1n) is 4.47. The Morgan fingerprint density at radius 3 is 2.29 bits per heavy atom. The third kappa shape index (κ3) is 4.69. The van der Waals surface area contributed by atoms with Crippen molar-refractivity contribution in [3.8, 4) is 0 Å². The molecule has 1 rings (SSSR count). The molecular formula is C7H10F3N3O3S. The highest BCUT2D eigenvalue weighted by Crippen LogP contribution is 2.31. The molecule has 0 aliphatic heterocycles. The summed E-state index contributed by atoms with van der Waals surface area (Å²) in [5, 5.41) is 6.76. The fourth-order valence-electron chi connectivity index (χ4n) is 1.11. The van der Waals surface area contributed by atoms with Crippen LogP contribution in [0.1, 0.15) is 12.5 Å². The van der Waals surface area contributed by atoms with Crippen molar-refractivity contribution in [2.75, 3.05) is 12.9 Å². The zero-order valence-electron chi connectivity index (χ0n) is 8.75. The van der Waals surface area contributed by atoms with E-state index >= 15 is 0 Å². The Balaban J connectivity index is 2.67. The first-order chi connectivity index (χ1) is 7.70. The second-order valence-electron chi connectivity index (χ2n) is 3.22. The Labute approximate surface area is 95.5 Å². The minimum Gasteiger partial charge on any atom is -0.270 e. The van der Waals surface area contributed by atoms with Gasteiger partial charge in [0.1, 0.15) is 0 Å². The van der Waals surface area contributed by atoms with E-state index in [1.54, 1.807) is 0 Å². The first kappa shape index (κ1) is 13.9. The first-order valence-corrected chi connectivity index (χ1v) is 6.29. The second kappa shape index (κ2) is 5.00. The van der Waals surface area contributed by atoms with Crippen LogP contribution in [-0.2, 0) is 14.3 Å². The molecule has 0 amide bonds. The third-order valence-corrected chi connectivity index (χ3v) is 2.38. The lowest BCUT2D eigenvalue weighted by molar-refractivity contribution is -0.176. The Kier molecular flexibility index (Phi) is 4.09. The van der Waals surface area contributed by atoms with Crippen LogP contribution in [0.4, 0.5) is 13.2 Å². The van der Waals surface area contributed by atoms with Crippen LogP contribution in [0.25, 0.3) is 0 Å². The summed E-state index contributed by atoms with van der Waals surface area (Å²) in [4.78, 5) is 0.478. The smallest absolute Gasteiger partial charge is 0.270 e. The fourth-order valence-corrected chi connectivity index (χ4v) is 1.51. The van der Waals surface area contributed by atoms with Crippen LogP contribution < -0.4 is 0 Å². The van der Waals surface area contributed by atoms with Crippen LogP contribution in [0.15, 0.2) is 12.4 Å². The summed E-state index contributed by atoms with van der Waals surface area (Å²) in [7, 11) is -3.75.